The predicted octanol–water partition coefficient (Wildman–Crippen LogP) is 3.64. The Kier molecular flexibility index (Phi) is 3.71. The Balaban J connectivity index is 1.86. The molecule has 1 fully saturated rings. The van der Waals surface area contributed by atoms with Crippen molar-refractivity contribution >= 4 is 17.7 Å². The molecule has 1 aliphatic rings. The third-order valence-corrected chi connectivity index (χ3v) is 4.46. The monoisotopic (exact) mass is 309 g/mol. The van der Waals surface area contributed by atoms with Gasteiger partial charge in [0.25, 0.3) is 0 Å². The molecule has 2 heterocycles. The van der Waals surface area contributed by atoms with Crippen molar-refractivity contribution in [1.29, 1.82) is 0 Å². The Labute approximate surface area is 124 Å². The quantitative estimate of drug-likeness (QED) is 0.868. The molecule has 6 heteroatoms. The number of thioether (sulfide) groups is 1. The first-order valence-corrected chi connectivity index (χ1v) is 7.50. The molecule has 3 rings (SSSR count). The summed E-state index contributed by atoms with van der Waals surface area (Å²) in [4.78, 5) is 13.6. The maximum absolute atomic E-state index is 13.3. The lowest BCUT2D eigenvalue weighted by atomic mass is 10.2. The van der Waals surface area contributed by atoms with Crippen molar-refractivity contribution in [2.24, 2.45) is 0 Å². The van der Waals surface area contributed by atoms with Gasteiger partial charge in [-0.25, -0.2) is 8.78 Å². The minimum atomic E-state index is -0.644. The van der Waals surface area contributed by atoms with Crippen LogP contribution in [-0.4, -0.2) is 16.6 Å². The summed E-state index contributed by atoms with van der Waals surface area (Å²) in [5.41, 5.74) is 0.427. The van der Waals surface area contributed by atoms with Crippen molar-refractivity contribution in [3.8, 4) is 0 Å². The van der Waals surface area contributed by atoms with E-state index in [-0.39, 0.29) is 17.8 Å². The average Bonchev–Trinajstić information content (AvgIpc) is 2.96. The van der Waals surface area contributed by atoms with Gasteiger partial charge in [-0.3, -0.25) is 4.79 Å². The van der Waals surface area contributed by atoms with Crippen LogP contribution in [0.15, 0.2) is 34.7 Å². The second kappa shape index (κ2) is 5.52. The summed E-state index contributed by atoms with van der Waals surface area (Å²) in [7, 11) is 0. The SMILES string of the molecule is Cc1ccc(C2SCC(=O)N2Cc2cc(F)cc(F)c2)o1. The minimum Gasteiger partial charge on any atom is -0.463 e. The molecule has 2 aromatic rings. The van der Waals surface area contributed by atoms with Crippen LogP contribution in [0.5, 0.6) is 0 Å². The smallest absolute Gasteiger partial charge is 0.234 e. The minimum absolute atomic E-state index is 0.0660. The van der Waals surface area contributed by atoms with Gasteiger partial charge in [-0.2, -0.15) is 0 Å². The Morgan fingerprint density at radius 1 is 1.29 bits per heavy atom. The Morgan fingerprint density at radius 2 is 2.00 bits per heavy atom. The van der Waals surface area contributed by atoms with Gasteiger partial charge in [0.05, 0.1) is 5.75 Å². The molecule has 1 atom stereocenters. The summed E-state index contributed by atoms with van der Waals surface area (Å²) in [6.45, 7) is 1.99. The highest BCUT2D eigenvalue weighted by atomic mass is 32.2. The fourth-order valence-corrected chi connectivity index (χ4v) is 3.48. The molecule has 0 bridgehead atoms. The molecular weight excluding hydrogens is 296 g/mol. The summed E-state index contributed by atoms with van der Waals surface area (Å²) in [5.74, 6) is 0.428. The van der Waals surface area contributed by atoms with Crippen LogP contribution in [0.25, 0.3) is 0 Å². The number of benzene rings is 1. The van der Waals surface area contributed by atoms with Gasteiger partial charge in [-0.1, -0.05) is 0 Å². The second-order valence-electron chi connectivity index (χ2n) is 4.91. The Bertz CT molecular complexity index is 666. The summed E-state index contributed by atoms with van der Waals surface area (Å²) >= 11 is 1.45. The summed E-state index contributed by atoms with van der Waals surface area (Å²) in [6.07, 6.45) is 0. The predicted molar refractivity (Wildman–Crippen MR) is 75.6 cm³/mol. The van der Waals surface area contributed by atoms with Gasteiger partial charge in [0, 0.05) is 12.6 Å². The molecule has 3 nitrogen and oxygen atoms in total. The fourth-order valence-electron chi connectivity index (χ4n) is 2.35. The van der Waals surface area contributed by atoms with Crippen molar-refractivity contribution in [3.63, 3.8) is 0 Å². The zero-order valence-corrected chi connectivity index (χ0v) is 12.1. The van der Waals surface area contributed by atoms with Gasteiger partial charge >= 0.3 is 0 Å². The number of hydrogen-bond acceptors (Lipinski definition) is 3. The summed E-state index contributed by atoms with van der Waals surface area (Å²) in [5, 5.41) is -0.252. The van der Waals surface area contributed by atoms with Crippen molar-refractivity contribution in [2.45, 2.75) is 18.8 Å². The number of carbonyl (C=O) groups excluding carboxylic acids is 1. The van der Waals surface area contributed by atoms with Crippen LogP contribution >= 0.6 is 11.8 Å². The maximum Gasteiger partial charge on any atom is 0.234 e. The zero-order valence-electron chi connectivity index (χ0n) is 11.3. The van der Waals surface area contributed by atoms with Gasteiger partial charge in [0.15, 0.2) is 0 Å². The van der Waals surface area contributed by atoms with E-state index < -0.39 is 11.6 Å². The molecule has 0 N–H and O–H groups in total. The van der Waals surface area contributed by atoms with Gasteiger partial charge in [-0.15, -0.1) is 11.8 Å². The van der Waals surface area contributed by atoms with Crippen LogP contribution in [0.3, 0.4) is 0 Å². The number of aryl methyl sites for hydroxylation is 1. The Morgan fingerprint density at radius 3 is 2.62 bits per heavy atom. The molecular formula is C15H13F2NO2S. The number of halogens is 2. The van der Waals surface area contributed by atoms with E-state index in [0.29, 0.717) is 17.1 Å². The van der Waals surface area contributed by atoms with E-state index in [4.69, 9.17) is 4.42 Å². The maximum atomic E-state index is 13.3. The normalized spacial score (nSPS) is 18.5. The molecule has 1 unspecified atom stereocenters. The molecule has 0 aliphatic carbocycles. The van der Waals surface area contributed by atoms with Crippen molar-refractivity contribution in [3.05, 3.63) is 59.1 Å². The van der Waals surface area contributed by atoms with Crippen LogP contribution in [0.2, 0.25) is 0 Å². The highest BCUT2D eigenvalue weighted by molar-refractivity contribution is 8.00. The Hall–Kier alpha value is -1.82. The molecule has 0 spiro atoms. The molecule has 1 amide bonds. The van der Waals surface area contributed by atoms with Gasteiger partial charge in [-0.05, 0) is 36.8 Å². The van der Waals surface area contributed by atoms with E-state index in [1.54, 1.807) is 4.90 Å². The molecule has 0 radical (unpaired) electrons. The fraction of sp³-hybridized carbons (Fsp3) is 0.267. The van der Waals surface area contributed by atoms with E-state index in [0.717, 1.165) is 11.8 Å². The molecule has 1 aliphatic heterocycles. The van der Waals surface area contributed by atoms with Crippen molar-refractivity contribution < 1.29 is 18.0 Å². The first-order chi connectivity index (χ1) is 10.0. The number of rotatable bonds is 3. The topological polar surface area (TPSA) is 33.5 Å². The number of amides is 1. The van der Waals surface area contributed by atoms with Crippen molar-refractivity contribution in [1.82, 2.24) is 4.90 Å². The van der Waals surface area contributed by atoms with E-state index in [2.05, 4.69) is 0 Å². The van der Waals surface area contributed by atoms with E-state index in [1.165, 1.54) is 23.9 Å². The summed E-state index contributed by atoms with van der Waals surface area (Å²) in [6, 6.07) is 6.95. The number of carbonyl (C=O) groups is 1. The van der Waals surface area contributed by atoms with Crippen molar-refractivity contribution in [2.75, 3.05) is 5.75 Å². The van der Waals surface area contributed by atoms with Gasteiger partial charge < -0.3 is 9.32 Å². The zero-order chi connectivity index (χ0) is 15.0. The first-order valence-electron chi connectivity index (χ1n) is 6.45. The van der Waals surface area contributed by atoms with Crippen LogP contribution in [-0.2, 0) is 11.3 Å². The third kappa shape index (κ3) is 2.95. The van der Waals surface area contributed by atoms with E-state index >= 15 is 0 Å². The summed E-state index contributed by atoms with van der Waals surface area (Å²) < 4.78 is 32.1. The molecule has 110 valence electrons. The lowest BCUT2D eigenvalue weighted by Crippen LogP contribution is -2.27. The number of furan rings is 1. The van der Waals surface area contributed by atoms with E-state index in [9.17, 15) is 13.6 Å². The molecule has 21 heavy (non-hydrogen) atoms. The lowest BCUT2D eigenvalue weighted by molar-refractivity contribution is -0.128. The van der Waals surface area contributed by atoms with Crippen LogP contribution in [0.4, 0.5) is 8.78 Å². The lowest BCUT2D eigenvalue weighted by Gasteiger charge is -2.22. The highest BCUT2D eigenvalue weighted by Gasteiger charge is 2.34. The first kappa shape index (κ1) is 14.1. The molecule has 1 aromatic heterocycles. The van der Waals surface area contributed by atoms with Crippen LogP contribution in [0.1, 0.15) is 22.5 Å². The largest absolute Gasteiger partial charge is 0.463 e. The number of hydrogen-bond donors (Lipinski definition) is 0. The van der Waals surface area contributed by atoms with E-state index in [1.807, 2.05) is 19.1 Å². The molecule has 0 saturated carbocycles. The second-order valence-corrected chi connectivity index (χ2v) is 5.98. The molecule has 1 saturated heterocycles. The number of nitrogens with zero attached hydrogens (tertiary/aromatic N) is 1. The third-order valence-electron chi connectivity index (χ3n) is 3.25. The molecule has 1 aromatic carbocycles. The van der Waals surface area contributed by atoms with Crippen LogP contribution in [0, 0.1) is 18.6 Å². The van der Waals surface area contributed by atoms with Gasteiger partial charge in [0.2, 0.25) is 5.91 Å². The highest BCUT2D eigenvalue weighted by Crippen LogP contribution is 2.40. The van der Waals surface area contributed by atoms with Gasteiger partial charge in [0.1, 0.15) is 28.5 Å². The average molecular weight is 309 g/mol. The standard InChI is InChI=1S/C15H13F2NO2S/c1-9-2-3-13(20-9)15-18(14(19)8-21-15)7-10-4-11(16)6-12(17)5-10/h2-6,15H,7-8H2,1H3. The van der Waals surface area contributed by atoms with Crippen LogP contribution < -0.4 is 0 Å².